The van der Waals surface area contributed by atoms with Crippen LogP contribution in [0, 0.1) is 6.92 Å². The molecule has 0 bridgehead atoms. The number of benzene rings is 3. The molecular weight excluding hydrogens is 386 g/mol. The summed E-state index contributed by atoms with van der Waals surface area (Å²) in [5.41, 5.74) is 4.11. The predicted octanol–water partition coefficient (Wildman–Crippen LogP) is 6.02. The lowest BCUT2D eigenvalue weighted by molar-refractivity contribution is 0.101. The van der Waals surface area contributed by atoms with E-state index in [0.717, 1.165) is 28.1 Å². The standard InChI is InChI=1S/C24H24ClNO3/c1-3-29-23-12-9-19(24(27)26-22-11-10-21(25)13-17(22)2)14-20(23)16-28-15-18-7-5-4-6-8-18/h4-14H,3,15-16H2,1-2H3,(H,26,27). The van der Waals surface area contributed by atoms with Crippen LogP contribution in [0.4, 0.5) is 5.69 Å². The van der Waals surface area contributed by atoms with Gasteiger partial charge in [0.15, 0.2) is 0 Å². The maximum absolute atomic E-state index is 12.7. The molecule has 3 aromatic carbocycles. The monoisotopic (exact) mass is 409 g/mol. The van der Waals surface area contributed by atoms with Gasteiger partial charge in [-0.3, -0.25) is 4.79 Å². The molecule has 0 saturated heterocycles. The molecule has 3 aromatic rings. The van der Waals surface area contributed by atoms with Crippen LogP contribution in [0.2, 0.25) is 5.02 Å². The molecule has 29 heavy (non-hydrogen) atoms. The number of carbonyl (C=O) groups is 1. The summed E-state index contributed by atoms with van der Waals surface area (Å²) in [5.74, 6) is 0.530. The van der Waals surface area contributed by atoms with Crippen LogP contribution in [0.1, 0.15) is 34.0 Å². The van der Waals surface area contributed by atoms with E-state index in [9.17, 15) is 4.79 Å². The Morgan fingerprint density at radius 2 is 1.79 bits per heavy atom. The molecule has 4 nitrogen and oxygen atoms in total. The van der Waals surface area contributed by atoms with Gasteiger partial charge in [0.2, 0.25) is 0 Å². The van der Waals surface area contributed by atoms with Crippen molar-refractivity contribution in [3.63, 3.8) is 0 Å². The zero-order valence-corrected chi connectivity index (χ0v) is 17.3. The van der Waals surface area contributed by atoms with Gasteiger partial charge in [-0.25, -0.2) is 0 Å². The third-order valence-corrected chi connectivity index (χ3v) is 4.66. The maximum atomic E-state index is 12.7. The molecule has 0 unspecified atom stereocenters. The van der Waals surface area contributed by atoms with E-state index in [1.165, 1.54) is 0 Å². The van der Waals surface area contributed by atoms with Crippen LogP contribution in [0.3, 0.4) is 0 Å². The number of hydrogen-bond acceptors (Lipinski definition) is 3. The van der Waals surface area contributed by atoms with Crippen molar-refractivity contribution in [1.82, 2.24) is 0 Å². The van der Waals surface area contributed by atoms with Crippen LogP contribution in [0.15, 0.2) is 66.7 Å². The van der Waals surface area contributed by atoms with Gasteiger partial charge in [0.25, 0.3) is 5.91 Å². The first-order valence-electron chi connectivity index (χ1n) is 9.51. The Hall–Kier alpha value is -2.82. The lowest BCUT2D eigenvalue weighted by atomic mass is 10.1. The van der Waals surface area contributed by atoms with E-state index >= 15 is 0 Å². The lowest BCUT2D eigenvalue weighted by Gasteiger charge is -2.14. The highest BCUT2D eigenvalue weighted by molar-refractivity contribution is 6.30. The van der Waals surface area contributed by atoms with Crippen LogP contribution in [0.5, 0.6) is 5.75 Å². The van der Waals surface area contributed by atoms with Crippen molar-refractivity contribution >= 4 is 23.2 Å². The van der Waals surface area contributed by atoms with Crippen LogP contribution in [0.25, 0.3) is 0 Å². The molecule has 1 N–H and O–H groups in total. The van der Waals surface area contributed by atoms with E-state index < -0.39 is 0 Å². The highest BCUT2D eigenvalue weighted by Gasteiger charge is 2.12. The molecule has 0 aliphatic carbocycles. The minimum absolute atomic E-state index is 0.192. The number of carbonyl (C=O) groups excluding carboxylic acids is 1. The van der Waals surface area contributed by atoms with Crippen LogP contribution in [-0.4, -0.2) is 12.5 Å². The van der Waals surface area contributed by atoms with E-state index in [1.54, 1.807) is 18.2 Å². The molecule has 0 fully saturated rings. The van der Waals surface area contributed by atoms with E-state index in [4.69, 9.17) is 21.1 Å². The van der Waals surface area contributed by atoms with Crippen molar-refractivity contribution in [2.45, 2.75) is 27.1 Å². The third kappa shape index (κ3) is 5.83. The van der Waals surface area contributed by atoms with Gasteiger partial charge in [-0.2, -0.15) is 0 Å². The van der Waals surface area contributed by atoms with Gasteiger partial charge in [-0.15, -0.1) is 0 Å². The number of aryl methyl sites for hydroxylation is 1. The Bertz CT molecular complexity index is 973. The summed E-state index contributed by atoms with van der Waals surface area (Å²) < 4.78 is 11.6. The topological polar surface area (TPSA) is 47.6 Å². The number of anilines is 1. The molecule has 0 radical (unpaired) electrons. The lowest BCUT2D eigenvalue weighted by Crippen LogP contribution is -2.13. The highest BCUT2D eigenvalue weighted by Crippen LogP contribution is 2.24. The number of halogens is 1. The van der Waals surface area contributed by atoms with Gasteiger partial charge in [-0.05, 0) is 61.4 Å². The van der Waals surface area contributed by atoms with Gasteiger partial charge >= 0.3 is 0 Å². The molecule has 1 amide bonds. The highest BCUT2D eigenvalue weighted by atomic mass is 35.5. The normalized spacial score (nSPS) is 10.6. The minimum atomic E-state index is -0.192. The minimum Gasteiger partial charge on any atom is -0.494 e. The van der Waals surface area contributed by atoms with Crippen molar-refractivity contribution in [3.05, 3.63) is 94.0 Å². The molecule has 0 saturated carbocycles. The fraction of sp³-hybridized carbons (Fsp3) is 0.208. The Morgan fingerprint density at radius 1 is 1.00 bits per heavy atom. The molecule has 0 spiro atoms. The van der Waals surface area contributed by atoms with Crippen molar-refractivity contribution in [3.8, 4) is 5.75 Å². The molecule has 0 heterocycles. The molecule has 0 aliphatic heterocycles. The second-order valence-corrected chi connectivity index (χ2v) is 7.08. The molecule has 3 rings (SSSR count). The van der Waals surface area contributed by atoms with E-state index in [1.807, 2.05) is 62.4 Å². The molecule has 0 atom stereocenters. The SMILES string of the molecule is CCOc1ccc(C(=O)Nc2ccc(Cl)cc2C)cc1COCc1ccccc1. The summed E-state index contributed by atoms with van der Waals surface area (Å²) >= 11 is 5.99. The smallest absolute Gasteiger partial charge is 0.255 e. The summed E-state index contributed by atoms with van der Waals surface area (Å²) in [5, 5.41) is 3.57. The van der Waals surface area contributed by atoms with Gasteiger partial charge in [-0.1, -0.05) is 41.9 Å². The number of amides is 1. The quantitative estimate of drug-likeness (QED) is 0.495. The zero-order valence-electron chi connectivity index (χ0n) is 16.6. The second-order valence-electron chi connectivity index (χ2n) is 6.65. The molecular formula is C24H24ClNO3. The number of rotatable bonds is 8. The molecule has 0 aromatic heterocycles. The fourth-order valence-electron chi connectivity index (χ4n) is 2.94. The summed E-state index contributed by atoms with van der Waals surface area (Å²) in [4.78, 5) is 12.7. The van der Waals surface area contributed by atoms with Gasteiger partial charge in [0.1, 0.15) is 5.75 Å². The van der Waals surface area contributed by atoms with Crippen molar-refractivity contribution < 1.29 is 14.3 Å². The first-order valence-corrected chi connectivity index (χ1v) is 9.89. The Kier molecular flexibility index (Phi) is 7.28. The van der Waals surface area contributed by atoms with Crippen LogP contribution in [-0.2, 0) is 18.0 Å². The second kappa shape index (κ2) is 10.1. The van der Waals surface area contributed by atoms with Crippen molar-refractivity contribution in [2.75, 3.05) is 11.9 Å². The van der Waals surface area contributed by atoms with Crippen LogP contribution < -0.4 is 10.1 Å². The van der Waals surface area contributed by atoms with Crippen molar-refractivity contribution in [1.29, 1.82) is 0 Å². The number of hydrogen-bond donors (Lipinski definition) is 1. The summed E-state index contributed by atoms with van der Waals surface area (Å²) in [6.07, 6.45) is 0. The fourth-order valence-corrected chi connectivity index (χ4v) is 3.17. The first-order chi connectivity index (χ1) is 14.1. The van der Waals surface area contributed by atoms with Gasteiger partial charge in [0.05, 0.1) is 19.8 Å². The van der Waals surface area contributed by atoms with E-state index in [-0.39, 0.29) is 5.91 Å². The summed E-state index contributed by atoms with van der Waals surface area (Å²) in [7, 11) is 0. The Labute approximate surface area is 176 Å². The van der Waals surface area contributed by atoms with E-state index in [0.29, 0.717) is 30.4 Å². The molecule has 5 heteroatoms. The predicted molar refractivity (Wildman–Crippen MR) is 117 cm³/mol. The molecule has 0 aliphatic rings. The van der Waals surface area contributed by atoms with Crippen LogP contribution >= 0.6 is 11.6 Å². The van der Waals surface area contributed by atoms with Gasteiger partial charge in [0, 0.05) is 21.8 Å². The summed E-state index contributed by atoms with van der Waals surface area (Å²) in [6.45, 7) is 5.22. The number of nitrogens with one attached hydrogen (secondary N) is 1. The Morgan fingerprint density at radius 3 is 2.52 bits per heavy atom. The number of ether oxygens (including phenoxy) is 2. The average Bonchev–Trinajstić information content (AvgIpc) is 2.72. The Balaban J connectivity index is 1.73. The van der Waals surface area contributed by atoms with Crippen molar-refractivity contribution in [2.24, 2.45) is 0 Å². The largest absolute Gasteiger partial charge is 0.494 e. The van der Waals surface area contributed by atoms with Gasteiger partial charge < -0.3 is 14.8 Å². The maximum Gasteiger partial charge on any atom is 0.255 e. The van der Waals surface area contributed by atoms with E-state index in [2.05, 4.69) is 5.32 Å². The first kappa shape index (κ1) is 20.9. The summed E-state index contributed by atoms with van der Waals surface area (Å²) in [6, 6.07) is 20.7. The average molecular weight is 410 g/mol. The molecule has 150 valence electrons. The zero-order chi connectivity index (χ0) is 20.6. The third-order valence-electron chi connectivity index (χ3n) is 4.43.